The molecule has 9 atom stereocenters. The molecule has 1 spiro atoms. The lowest BCUT2D eigenvalue weighted by molar-refractivity contribution is -0.159. The van der Waals surface area contributed by atoms with Crippen LogP contribution in [0.1, 0.15) is 20.3 Å². The predicted octanol–water partition coefficient (Wildman–Crippen LogP) is -0.274. The maximum atomic E-state index is 11.9. The summed E-state index contributed by atoms with van der Waals surface area (Å²) in [5, 5.41) is 31.6. The Labute approximate surface area is 132 Å². The van der Waals surface area contributed by atoms with Crippen LogP contribution in [0.5, 0.6) is 0 Å². The fourth-order valence-electron chi connectivity index (χ4n) is 4.99. The molecule has 4 aliphatic rings. The number of rotatable bonds is 0. The third-order valence-corrected chi connectivity index (χ3v) is 6.73. The van der Waals surface area contributed by atoms with Crippen LogP contribution in [-0.2, 0) is 14.3 Å². The molecule has 2 saturated carbocycles. The number of carbonyl (C=O) groups excluding carboxylic acids is 1. The van der Waals surface area contributed by atoms with Gasteiger partial charge < -0.3 is 24.8 Å². The summed E-state index contributed by atoms with van der Waals surface area (Å²) in [6.45, 7) is 6.84. The van der Waals surface area contributed by atoms with Crippen molar-refractivity contribution < 1.29 is 29.6 Å². The van der Waals surface area contributed by atoms with Gasteiger partial charge in [-0.3, -0.25) is 0 Å². The Balaban J connectivity index is 1.90. The molecule has 3 N–H and O–H groups in total. The highest BCUT2D eigenvalue weighted by molar-refractivity contribution is 6.22. The molecule has 0 aromatic rings. The van der Waals surface area contributed by atoms with E-state index in [1.54, 1.807) is 13.8 Å². The number of hydrogen-bond donors (Lipinski definition) is 3. The maximum Gasteiger partial charge on any atom is 0.334 e. The molecule has 2 heterocycles. The summed E-state index contributed by atoms with van der Waals surface area (Å²) in [6, 6.07) is 0. The molecule has 22 heavy (non-hydrogen) atoms. The zero-order chi connectivity index (χ0) is 16.2. The maximum absolute atomic E-state index is 11.9. The Kier molecular flexibility index (Phi) is 2.62. The molecule has 4 rings (SSSR count). The van der Waals surface area contributed by atoms with Crippen LogP contribution < -0.4 is 0 Å². The lowest BCUT2D eigenvalue weighted by Crippen LogP contribution is -2.56. The van der Waals surface area contributed by atoms with Crippen LogP contribution in [0.25, 0.3) is 0 Å². The minimum Gasteiger partial charge on any atom is -0.458 e. The molecule has 122 valence electrons. The van der Waals surface area contributed by atoms with Gasteiger partial charge in [0.05, 0.1) is 34.5 Å². The van der Waals surface area contributed by atoms with Crippen LogP contribution in [0.2, 0.25) is 0 Å². The topological polar surface area (TPSA) is 99.5 Å². The van der Waals surface area contributed by atoms with Crippen LogP contribution in [0.3, 0.4) is 0 Å². The number of epoxide rings is 1. The summed E-state index contributed by atoms with van der Waals surface area (Å²) in [6.07, 6.45) is -2.36. The van der Waals surface area contributed by atoms with E-state index in [2.05, 4.69) is 6.58 Å². The molecule has 0 bridgehead atoms. The van der Waals surface area contributed by atoms with Gasteiger partial charge in [-0.25, -0.2) is 4.79 Å². The van der Waals surface area contributed by atoms with E-state index in [9.17, 15) is 20.1 Å². The van der Waals surface area contributed by atoms with Gasteiger partial charge in [0.25, 0.3) is 0 Å². The van der Waals surface area contributed by atoms with Crippen molar-refractivity contribution in [2.75, 3.05) is 0 Å². The molecular weight excluding hydrogens is 312 g/mol. The number of carbonyl (C=O) groups is 1. The van der Waals surface area contributed by atoms with E-state index < -0.39 is 58.3 Å². The molecule has 9 unspecified atom stereocenters. The molecule has 0 aromatic carbocycles. The molecule has 2 saturated heterocycles. The first kappa shape index (κ1) is 14.9. The fraction of sp³-hybridized carbons (Fsp3) is 0.800. The summed E-state index contributed by atoms with van der Waals surface area (Å²) in [5.41, 5.74) is -3.75. The van der Waals surface area contributed by atoms with E-state index in [4.69, 9.17) is 21.1 Å². The molecule has 4 fully saturated rings. The van der Waals surface area contributed by atoms with Crippen molar-refractivity contribution in [3.05, 3.63) is 12.2 Å². The number of fused-ring (bicyclic) bond motifs is 2. The predicted molar refractivity (Wildman–Crippen MR) is 75.1 cm³/mol. The van der Waals surface area contributed by atoms with E-state index in [1.165, 1.54) is 0 Å². The second kappa shape index (κ2) is 3.87. The van der Waals surface area contributed by atoms with Gasteiger partial charge in [0.1, 0.15) is 17.8 Å². The van der Waals surface area contributed by atoms with E-state index >= 15 is 0 Å². The van der Waals surface area contributed by atoms with Crippen molar-refractivity contribution >= 4 is 17.6 Å². The van der Waals surface area contributed by atoms with Gasteiger partial charge in [-0.05, 0) is 13.8 Å². The minimum atomic E-state index is -1.40. The number of alkyl halides is 1. The summed E-state index contributed by atoms with van der Waals surface area (Å²) >= 11 is 6.33. The average Bonchev–Trinajstić information content (AvgIpc) is 3.02. The molecule has 0 amide bonds. The molecule has 0 aromatic heterocycles. The monoisotopic (exact) mass is 330 g/mol. The number of esters is 1. The summed E-state index contributed by atoms with van der Waals surface area (Å²) in [4.78, 5) is 11.9. The van der Waals surface area contributed by atoms with Gasteiger partial charge in [0.2, 0.25) is 0 Å². The van der Waals surface area contributed by atoms with Crippen LogP contribution >= 0.6 is 11.6 Å². The minimum absolute atomic E-state index is 0.00346. The van der Waals surface area contributed by atoms with Gasteiger partial charge in [0, 0.05) is 12.0 Å². The van der Waals surface area contributed by atoms with Gasteiger partial charge >= 0.3 is 5.97 Å². The van der Waals surface area contributed by atoms with Crippen molar-refractivity contribution in [3.63, 3.8) is 0 Å². The van der Waals surface area contributed by atoms with Gasteiger partial charge in [-0.1, -0.05) is 6.58 Å². The first-order chi connectivity index (χ1) is 10.1. The number of halogens is 1. The van der Waals surface area contributed by atoms with Crippen molar-refractivity contribution in [1.29, 1.82) is 0 Å². The number of aliphatic hydroxyl groups is 3. The SMILES string of the molecule is C=C1C(=O)OC2C1C(O)CC(C)(O)C13OC1C(Cl)C(C)(O)C23. The first-order valence-electron chi connectivity index (χ1n) is 7.40. The Morgan fingerprint density at radius 2 is 2.00 bits per heavy atom. The van der Waals surface area contributed by atoms with Crippen LogP contribution in [0.15, 0.2) is 12.2 Å². The Bertz CT molecular complexity index is 587. The first-order valence-corrected chi connectivity index (χ1v) is 7.84. The zero-order valence-corrected chi connectivity index (χ0v) is 13.1. The Hall–Kier alpha value is -0.660. The molecule has 2 aliphatic heterocycles. The summed E-state index contributed by atoms with van der Waals surface area (Å²) < 4.78 is 11.1. The zero-order valence-electron chi connectivity index (χ0n) is 12.3. The molecule has 0 radical (unpaired) electrons. The average molecular weight is 331 g/mol. The Morgan fingerprint density at radius 3 is 2.64 bits per heavy atom. The largest absolute Gasteiger partial charge is 0.458 e. The molecule has 6 nitrogen and oxygen atoms in total. The van der Waals surface area contributed by atoms with Gasteiger partial charge in [0.15, 0.2) is 0 Å². The second-order valence-electron chi connectivity index (χ2n) is 7.40. The van der Waals surface area contributed by atoms with E-state index in [-0.39, 0.29) is 12.0 Å². The normalized spacial score (nSPS) is 62.8. The summed E-state index contributed by atoms with van der Waals surface area (Å²) in [5.74, 6) is -1.99. The molecule has 2 aliphatic carbocycles. The van der Waals surface area contributed by atoms with E-state index in [1.807, 2.05) is 0 Å². The number of aliphatic hydroxyl groups excluding tert-OH is 1. The van der Waals surface area contributed by atoms with Crippen molar-refractivity contribution in [3.8, 4) is 0 Å². The van der Waals surface area contributed by atoms with Crippen LogP contribution in [-0.4, -0.2) is 61.8 Å². The smallest absolute Gasteiger partial charge is 0.334 e. The second-order valence-corrected chi connectivity index (χ2v) is 7.87. The summed E-state index contributed by atoms with van der Waals surface area (Å²) in [7, 11) is 0. The third-order valence-electron chi connectivity index (χ3n) is 6.06. The standard InChI is InChI=1S/C15H19ClO6/c1-5-7-6(17)4-13(2,19)15-9(8(7)21-12(5)18)14(3,20)10(16)11(15)22-15/h6-11,17,19-20H,1,4H2,2-3H3. The highest BCUT2D eigenvalue weighted by Crippen LogP contribution is 2.69. The van der Waals surface area contributed by atoms with Crippen molar-refractivity contribution in [1.82, 2.24) is 0 Å². The lowest BCUT2D eigenvalue weighted by Gasteiger charge is -2.40. The van der Waals surface area contributed by atoms with Crippen molar-refractivity contribution in [2.24, 2.45) is 11.8 Å². The Morgan fingerprint density at radius 1 is 1.36 bits per heavy atom. The van der Waals surface area contributed by atoms with E-state index in [0.717, 1.165) is 0 Å². The highest BCUT2D eigenvalue weighted by Gasteiger charge is 2.86. The number of hydrogen-bond acceptors (Lipinski definition) is 6. The third kappa shape index (κ3) is 1.39. The highest BCUT2D eigenvalue weighted by atomic mass is 35.5. The van der Waals surface area contributed by atoms with Crippen LogP contribution in [0.4, 0.5) is 0 Å². The van der Waals surface area contributed by atoms with Crippen LogP contribution in [0, 0.1) is 11.8 Å². The van der Waals surface area contributed by atoms with Gasteiger partial charge in [-0.2, -0.15) is 0 Å². The fourth-order valence-corrected chi connectivity index (χ4v) is 5.36. The quantitative estimate of drug-likeness (QED) is 0.245. The van der Waals surface area contributed by atoms with Gasteiger partial charge in [-0.15, -0.1) is 11.6 Å². The van der Waals surface area contributed by atoms with E-state index in [0.29, 0.717) is 0 Å². The number of ether oxygens (including phenoxy) is 2. The lowest BCUT2D eigenvalue weighted by atomic mass is 9.73. The molecule has 7 heteroatoms. The molecular formula is C15H19ClO6. The van der Waals surface area contributed by atoms with Crippen molar-refractivity contribution in [2.45, 2.75) is 60.8 Å².